The second-order valence-electron chi connectivity index (χ2n) is 5.81. The number of rotatable bonds is 7. The van der Waals surface area contributed by atoms with Crippen LogP contribution in [-0.2, 0) is 21.4 Å². The molecule has 0 saturated carbocycles. The second-order valence-corrected chi connectivity index (χ2v) is 7.49. The minimum Gasteiger partial charge on any atom is -0.358 e. The van der Waals surface area contributed by atoms with Crippen molar-refractivity contribution in [1.29, 1.82) is 0 Å². The minimum absolute atomic E-state index is 0.0403. The van der Waals surface area contributed by atoms with Gasteiger partial charge in [0.15, 0.2) is 0 Å². The predicted molar refractivity (Wildman–Crippen MR) is 102 cm³/mol. The van der Waals surface area contributed by atoms with E-state index >= 15 is 0 Å². The average molecular weight is 417 g/mol. The molecule has 150 valence electrons. The smallest absolute Gasteiger partial charge is 0.358 e. The Morgan fingerprint density at radius 1 is 1.21 bits per heavy atom. The number of nitro groups is 1. The number of aryl methyl sites for hydroxylation is 1. The maximum atomic E-state index is 12.3. The van der Waals surface area contributed by atoms with Crippen molar-refractivity contribution < 1.29 is 18.1 Å². The molecule has 0 atom stereocenters. The molecule has 2 heterocycles. The maximum Gasteiger partial charge on any atom is 0.390 e. The van der Waals surface area contributed by atoms with Gasteiger partial charge in [0.2, 0.25) is 11.9 Å². The molecule has 3 rings (SSSR count). The number of carbonyl (C=O) groups is 1. The summed E-state index contributed by atoms with van der Waals surface area (Å²) < 4.78 is 28.1. The van der Waals surface area contributed by atoms with E-state index in [1.165, 1.54) is 47.4 Å². The highest BCUT2D eigenvalue weighted by Crippen LogP contribution is 2.17. The van der Waals surface area contributed by atoms with E-state index in [4.69, 9.17) is 0 Å². The molecule has 1 amide bonds. The SMILES string of the molecule is Cc1cc([N+](=O)[O-])nn1CC(=O)Nc1ccc(S(=O)(=O)Nc2ncccn2)cc1. The molecule has 0 aliphatic heterocycles. The number of aromatic nitrogens is 4. The van der Waals surface area contributed by atoms with E-state index in [0.29, 0.717) is 11.4 Å². The first kappa shape index (κ1) is 19.9. The van der Waals surface area contributed by atoms with Gasteiger partial charge < -0.3 is 15.4 Å². The summed E-state index contributed by atoms with van der Waals surface area (Å²) in [7, 11) is -3.88. The number of nitrogens with one attached hydrogen (secondary N) is 2. The number of carbonyl (C=O) groups excluding carboxylic acids is 1. The van der Waals surface area contributed by atoms with Gasteiger partial charge in [-0.1, -0.05) is 0 Å². The van der Waals surface area contributed by atoms with Crippen molar-refractivity contribution in [2.24, 2.45) is 0 Å². The van der Waals surface area contributed by atoms with Crippen molar-refractivity contribution in [3.8, 4) is 0 Å². The van der Waals surface area contributed by atoms with E-state index in [0.717, 1.165) is 0 Å². The van der Waals surface area contributed by atoms with Gasteiger partial charge in [-0.25, -0.2) is 23.1 Å². The van der Waals surface area contributed by atoms with Gasteiger partial charge in [-0.2, -0.15) is 4.68 Å². The standard InChI is InChI=1S/C16H15N7O5S/c1-11-9-14(23(25)26)20-22(11)10-15(24)19-12-3-5-13(6-4-12)29(27,28)21-16-17-7-2-8-18-16/h2-9H,10H2,1H3,(H,19,24)(H,17,18,21). The minimum atomic E-state index is -3.88. The third-order valence-corrected chi connectivity index (χ3v) is 5.03. The van der Waals surface area contributed by atoms with E-state index in [2.05, 4.69) is 25.1 Å². The van der Waals surface area contributed by atoms with Crippen molar-refractivity contribution in [2.45, 2.75) is 18.4 Å². The Hall–Kier alpha value is -3.87. The number of amides is 1. The summed E-state index contributed by atoms with van der Waals surface area (Å²) in [5.74, 6) is -0.883. The van der Waals surface area contributed by atoms with Crippen molar-refractivity contribution in [1.82, 2.24) is 19.7 Å². The highest BCUT2D eigenvalue weighted by atomic mass is 32.2. The van der Waals surface area contributed by atoms with Gasteiger partial charge in [0.25, 0.3) is 10.0 Å². The third kappa shape index (κ3) is 4.90. The van der Waals surface area contributed by atoms with Crippen LogP contribution in [0.4, 0.5) is 17.5 Å². The molecule has 2 N–H and O–H groups in total. The quantitative estimate of drug-likeness (QED) is 0.430. The van der Waals surface area contributed by atoms with Gasteiger partial charge in [0.05, 0.1) is 21.8 Å². The van der Waals surface area contributed by atoms with Crippen molar-refractivity contribution in [2.75, 3.05) is 10.0 Å². The number of benzene rings is 1. The van der Waals surface area contributed by atoms with Crippen LogP contribution in [0.5, 0.6) is 0 Å². The molecule has 3 aromatic rings. The monoisotopic (exact) mass is 417 g/mol. The molecule has 1 aromatic carbocycles. The molecule has 12 nitrogen and oxygen atoms in total. The van der Waals surface area contributed by atoms with Crippen LogP contribution in [0.25, 0.3) is 0 Å². The Kier molecular flexibility index (Phi) is 5.50. The van der Waals surface area contributed by atoms with Crippen LogP contribution in [0.2, 0.25) is 0 Å². The fourth-order valence-electron chi connectivity index (χ4n) is 2.33. The molecule has 0 unspecified atom stereocenters. The van der Waals surface area contributed by atoms with E-state index in [9.17, 15) is 23.3 Å². The third-order valence-electron chi connectivity index (χ3n) is 3.69. The number of sulfonamides is 1. The van der Waals surface area contributed by atoms with Crippen molar-refractivity contribution in [3.63, 3.8) is 0 Å². The first-order valence-corrected chi connectivity index (χ1v) is 9.61. The van der Waals surface area contributed by atoms with Crippen LogP contribution < -0.4 is 10.0 Å². The highest BCUT2D eigenvalue weighted by Gasteiger charge is 2.18. The van der Waals surface area contributed by atoms with Crippen LogP contribution in [0, 0.1) is 17.0 Å². The zero-order valence-electron chi connectivity index (χ0n) is 15.0. The lowest BCUT2D eigenvalue weighted by atomic mass is 10.3. The number of nitrogens with zero attached hydrogens (tertiary/aromatic N) is 5. The average Bonchev–Trinajstić information content (AvgIpc) is 3.03. The highest BCUT2D eigenvalue weighted by molar-refractivity contribution is 7.92. The van der Waals surface area contributed by atoms with Gasteiger partial charge in [0, 0.05) is 18.1 Å². The molecule has 13 heteroatoms. The van der Waals surface area contributed by atoms with Crippen molar-refractivity contribution >= 4 is 33.4 Å². The van der Waals surface area contributed by atoms with Gasteiger partial charge in [-0.15, -0.1) is 0 Å². The van der Waals surface area contributed by atoms with E-state index < -0.39 is 20.9 Å². The second kappa shape index (κ2) is 8.02. The summed E-state index contributed by atoms with van der Waals surface area (Å²) in [5.41, 5.74) is 0.812. The predicted octanol–water partition coefficient (Wildman–Crippen LogP) is 1.33. The maximum absolute atomic E-state index is 12.3. The molecule has 0 spiro atoms. The normalized spacial score (nSPS) is 11.1. The fourth-order valence-corrected chi connectivity index (χ4v) is 3.28. The fraction of sp³-hybridized carbons (Fsp3) is 0.125. The first-order valence-electron chi connectivity index (χ1n) is 8.13. The topological polar surface area (TPSA) is 162 Å². The van der Waals surface area contributed by atoms with Crippen LogP contribution in [0.1, 0.15) is 5.69 Å². The zero-order valence-corrected chi connectivity index (χ0v) is 15.8. The molecule has 0 aliphatic carbocycles. The molecule has 0 bridgehead atoms. The van der Waals surface area contributed by atoms with Crippen LogP contribution >= 0.6 is 0 Å². The Morgan fingerprint density at radius 2 is 1.86 bits per heavy atom. The Balaban J connectivity index is 1.66. The molecular formula is C16H15N7O5S. The summed E-state index contributed by atoms with van der Waals surface area (Å²) in [5, 5.41) is 17.0. The molecule has 29 heavy (non-hydrogen) atoms. The van der Waals surface area contributed by atoms with E-state index in [1.807, 2.05) is 0 Å². The Morgan fingerprint density at radius 3 is 2.45 bits per heavy atom. The molecular weight excluding hydrogens is 402 g/mol. The Labute approximate surface area is 164 Å². The van der Waals surface area contributed by atoms with Gasteiger partial charge in [-0.05, 0) is 42.2 Å². The van der Waals surface area contributed by atoms with Crippen LogP contribution in [-0.4, -0.2) is 39.0 Å². The molecule has 0 aliphatic rings. The molecule has 0 fully saturated rings. The summed E-state index contributed by atoms with van der Waals surface area (Å²) in [6, 6.07) is 8.26. The summed E-state index contributed by atoms with van der Waals surface area (Å²) in [6.07, 6.45) is 2.80. The number of anilines is 2. The summed E-state index contributed by atoms with van der Waals surface area (Å²) in [4.78, 5) is 29.8. The summed E-state index contributed by atoms with van der Waals surface area (Å²) >= 11 is 0. The van der Waals surface area contributed by atoms with Gasteiger partial charge >= 0.3 is 5.82 Å². The lowest BCUT2D eigenvalue weighted by Crippen LogP contribution is -2.20. The number of hydrogen-bond acceptors (Lipinski definition) is 8. The lowest BCUT2D eigenvalue weighted by molar-refractivity contribution is -0.389. The van der Waals surface area contributed by atoms with Gasteiger partial charge in [0.1, 0.15) is 6.54 Å². The molecule has 0 saturated heterocycles. The first-order chi connectivity index (χ1) is 13.7. The largest absolute Gasteiger partial charge is 0.390 e. The molecule has 2 aromatic heterocycles. The van der Waals surface area contributed by atoms with Crippen molar-refractivity contribution in [3.05, 3.63) is 64.6 Å². The zero-order chi connectivity index (χ0) is 21.0. The molecule has 0 radical (unpaired) electrons. The van der Waals surface area contributed by atoms with Crippen LogP contribution in [0.15, 0.2) is 53.7 Å². The van der Waals surface area contributed by atoms with Crippen LogP contribution in [0.3, 0.4) is 0 Å². The van der Waals surface area contributed by atoms with E-state index in [1.54, 1.807) is 13.0 Å². The summed E-state index contributed by atoms with van der Waals surface area (Å²) in [6.45, 7) is 1.36. The lowest BCUT2D eigenvalue weighted by Gasteiger charge is -2.08. The van der Waals surface area contributed by atoms with Gasteiger partial charge in [-0.3, -0.25) is 4.79 Å². The van der Waals surface area contributed by atoms with E-state index in [-0.39, 0.29) is 23.2 Å². The Bertz CT molecular complexity index is 1140. The number of hydrogen-bond donors (Lipinski definition) is 2.